The van der Waals surface area contributed by atoms with Gasteiger partial charge in [-0.15, -0.1) is 0 Å². The highest BCUT2D eigenvalue weighted by Gasteiger charge is 2.17. The second-order valence-electron chi connectivity index (χ2n) is 4.90. The first kappa shape index (κ1) is 13.7. The first-order valence-corrected chi connectivity index (χ1v) is 6.11. The van der Waals surface area contributed by atoms with E-state index in [2.05, 4.69) is 0 Å². The van der Waals surface area contributed by atoms with Crippen LogP contribution in [0.4, 0.5) is 8.78 Å². The normalized spacial score (nSPS) is 12.5. The zero-order valence-electron chi connectivity index (χ0n) is 11.2. The van der Waals surface area contributed by atoms with Crippen molar-refractivity contribution in [3.63, 3.8) is 0 Å². The Hall–Kier alpha value is -1.74. The molecule has 1 N–H and O–H groups in total. The molecule has 0 fully saturated rings. The third-order valence-electron chi connectivity index (χ3n) is 3.23. The molecule has 0 saturated heterocycles. The van der Waals surface area contributed by atoms with Crippen LogP contribution in [0.5, 0.6) is 0 Å². The number of benzene rings is 2. The van der Waals surface area contributed by atoms with Crippen molar-refractivity contribution in [2.75, 3.05) is 0 Å². The number of halogens is 2. The summed E-state index contributed by atoms with van der Waals surface area (Å²) < 4.78 is 27.4. The number of rotatable bonds is 2. The summed E-state index contributed by atoms with van der Waals surface area (Å²) in [5, 5.41) is 10.2. The van der Waals surface area contributed by atoms with Crippen molar-refractivity contribution in [3.05, 3.63) is 69.8 Å². The summed E-state index contributed by atoms with van der Waals surface area (Å²) in [5.41, 5.74) is 2.39. The first-order valence-electron chi connectivity index (χ1n) is 6.11. The van der Waals surface area contributed by atoms with E-state index in [1.165, 1.54) is 6.07 Å². The lowest BCUT2D eigenvalue weighted by atomic mass is 9.96. The molecule has 0 aliphatic heterocycles. The maximum atomic E-state index is 13.8. The largest absolute Gasteiger partial charge is 0.384 e. The lowest BCUT2D eigenvalue weighted by Gasteiger charge is -2.15. The second kappa shape index (κ2) is 5.10. The highest BCUT2D eigenvalue weighted by molar-refractivity contribution is 5.37. The van der Waals surface area contributed by atoms with Crippen molar-refractivity contribution in [2.24, 2.45) is 0 Å². The van der Waals surface area contributed by atoms with Gasteiger partial charge in [0.25, 0.3) is 0 Å². The molecule has 19 heavy (non-hydrogen) atoms. The van der Waals surface area contributed by atoms with Crippen LogP contribution >= 0.6 is 0 Å². The Morgan fingerprint density at radius 2 is 1.53 bits per heavy atom. The average molecular weight is 262 g/mol. The molecular formula is C16H16F2O. The van der Waals surface area contributed by atoms with Crippen LogP contribution in [-0.2, 0) is 0 Å². The van der Waals surface area contributed by atoms with E-state index in [0.717, 1.165) is 5.56 Å². The van der Waals surface area contributed by atoms with Gasteiger partial charge in [0.2, 0.25) is 0 Å². The van der Waals surface area contributed by atoms with E-state index in [0.29, 0.717) is 16.7 Å². The Labute approximate surface area is 111 Å². The van der Waals surface area contributed by atoms with E-state index in [4.69, 9.17) is 0 Å². The lowest BCUT2D eigenvalue weighted by Crippen LogP contribution is -2.05. The van der Waals surface area contributed by atoms with E-state index in [1.807, 2.05) is 0 Å². The average Bonchev–Trinajstić information content (AvgIpc) is 2.34. The molecule has 100 valence electrons. The van der Waals surface area contributed by atoms with Crippen molar-refractivity contribution < 1.29 is 13.9 Å². The Bertz CT molecular complexity index is 597. The maximum absolute atomic E-state index is 13.8. The summed E-state index contributed by atoms with van der Waals surface area (Å²) in [6.45, 7) is 5.04. The van der Waals surface area contributed by atoms with E-state index in [-0.39, 0.29) is 11.4 Å². The summed E-state index contributed by atoms with van der Waals surface area (Å²) >= 11 is 0. The van der Waals surface area contributed by atoms with Crippen LogP contribution in [-0.4, -0.2) is 5.11 Å². The van der Waals surface area contributed by atoms with Gasteiger partial charge in [-0.2, -0.15) is 0 Å². The predicted octanol–water partition coefficient (Wildman–Crippen LogP) is 3.97. The molecule has 0 bridgehead atoms. The number of hydrogen-bond acceptors (Lipinski definition) is 1. The highest BCUT2D eigenvalue weighted by atomic mass is 19.1. The molecule has 1 nitrogen and oxygen atoms in total. The Balaban J connectivity index is 2.47. The van der Waals surface area contributed by atoms with E-state index >= 15 is 0 Å². The van der Waals surface area contributed by atoms with Crippen molar-refractivity contribution in [3.8, 4) is 0 Å². The molecule has 2 rings (SSSR count). The number of aliphatic hydroxyl groups excluding tert-OH is 1. The Morgan fingerprint density at radius 3 is 2.05 bits per heavy atom. The molecule has 0 aliphatic carbocycles. The van der Waals surface area contributed by atoms with Gasteiger partial charge in [-0.25, -0.2) is 8.78 Å². The number of aryl methyl sites for hydroxylation is 3. The minimum atomic E-state index is -1.08. The molecule has 2 aromatic rings. The van der Waals surface area contributed by atoms with Crippen LogP contribution in [0, 0.1) is 32.4 Å². The van der Waals surface area contributed by atoms with Gasteiger partial charge in [-0.3, -0.25) is 0 Å². The molecule has 0 amide bonds. The topological polar surface area (TPSA) is 20.2 Å². The third kappa shape index (κ3) is 2.66. The molecule has 2 aromatic carbocycles. The Morgan fingerprint density at radius 1 is 0.947 bits per heavy atom. The molecule has 3 heteroatoms. The summed E-state index contributed by atoms with van der Waals surface area (Å²) in [6, 6.07) is 7.77. The van der Waals surface area contributed by atoms with Crippen LogP contribution in [0.1, 0.15) is 33.9 Å². The van der Waals surface area contributed by atoms with Gasteiger partial charge in [-0.1, -0.05) is 24.3 Å². The fraction of sp³-hybridized carbons (Fsp3) is 0.250. The van der Waals surface area contributed by atoms with Crippen LogP contribution < -0.4 is 0 Å². The summed E-state index contributed by atoms with van der Waals surface area (Å²) in [5.74, 6) is -0.743. The van der Waals surface area contributed by atoms with Crippen LogP contribution in [0.15, 0.2) is 30.3 Å². The molecule has 0 aromatic heterocycles. The smallest absolute Gasteiger partial charge is 0.129 e. The van der Waals surface area contributed by atoms with Gasteiger partial charge < -0.3 is 5.11 Å². The van der Waals surface area contributed by atoms with Gasteiger partial charge in [0.15, 0.2) is 0 Å². The zero-order valence-corrected chi connectivity index (χ0v) is 11.2. The third-order valence-corrected chi connectivity index (χ3v) is 3.23. The molecular weight excluding hydrogens is 246 g/mol. The fourth-order valence-electron chi connectivity index (χ4n) is 2.17. The van der Waals surface area contributed by atoms with Crippen LogP contribution in [0.3, 0.4) is 0 Å². The minimum Gasteiger partial charge on any atom is -0.384 e. The van der Waals surface area contributed by atoms with Gasteiger partial charge in [-0.05, 0) is 49.1 Å². The van der Waals surface area contributed by atoms with Gasteiger partial charge in [0.05, 0.1) is 0 Å². The number of hydrogen-bond donors (Lipinski definition) is 1. The molecule has 0 aliphatic rings. The molecule has 0 heterocycles. The summed E-state index contributed by atoms with van der Waals surface area (Å²) in [4.78, 5) is 0. The molecule has 0 saturated carbocycles. The summed E-state index contributed by atoms with van der Waals surface area (Å²) in [6.07, 6.45) is -1.08. The van der Waals surface area contributed by atoms with Crippen molar-refractivity contribution in [1.29, 1.82) is 0 Å². The number of aliphatic hydroxyl groups is 1. The molecule has 1 atom stereocenters. The maximum Gasteiger partial charge on any atom is 0.129 e. The van der Waals surface area contributed by atoms with Gasteiger partial charge in [0.1, 0.15) is 17.7 Å². The fourth-order valence-corrected chi connectivity index (χ4v) is 2.17. The van der Waals surface area contributed by atoms with Crippen molar-refractivity contribution >= 4 is 0 Å². The second-order valence-corrected chi connectivity index (χ2v) is 4.90. The van der Waals surface area contributed by atoms with Crippen LogP contribution in [0.25, 0.3) is 0 Å². The Kier molecular flexibility index (Phi) is 3.67. The SMILES string of the molecule is Cc1ccc(C(O)c2cc(C)c(F)c(C)c2)c(F)c1. The van der Waals surface area contributed by atoms with E-state index in [1.54, 1.807) is 45.0 Å². The zero-order chi connectivity index (χ0) is 14.2. The molecule has 0 radical (unpaired) electrons. The van der Waals surface area contributed by atoms with Gasteiger partial charge in [0, 0.05) is 5.56 Å². The van der Waals surface area contributed by atoms with Crippen LogP contribution in [0.2, 0.25) is 0 Å². The lowest BCUT2D eigenvalue weighted by molar-refractivity contribution is 0.214. The van der Waals surface area contributed by atoms with Crippen molar-refractivity contribution in [1.82, 2.24) is 0 Å². The highest BCUT2D eigenvalue weighted by Crippen LogP contribution is 2.27. The molecule has 1 unspecified atom stereocenters. The summed E-state index contributed by atoms with van der Waals surface area (Å²) in [7, 11) is 0. The first-order chi connectivity index (χ1) is 8.90. The van der Waals surface area contributed by atoms with E-state index in [9.17, 15) is 13.9 Å². The van der Waals surface area contributed by atoms with E-state index < -0.39 is 11.9 Å². The predicted molar refractivity (Wildman–Crippen MR) is 71.1 cm³/mol. The minimum absolute atomic E-state index is 0.205. The van der Waals surface area contributed by atoms with Crippen molar-refractivity contribution in [2.45, 2.75) is 26.9 Å². The quantitative estimate of drug-likeness (QED) is 0.868. The monoisotopic (exact) mass is 262 g/mol. The van der Waals surface area contributed by atoms with Gasteiger partial charge >= 0.3 is 0 Å². The standard InChI is InChI=1S/C16H16F2O/c1-9-4-5-13(14(17)6-9)16(19)12-7-10(2)15(18)11(3)8-12/h4-8,16,19H,1-3H3. The molecule has 0 spiro atoms.